The minimum Gasteiger partial charge on any atom is -0.464 e. The topological polar surface area (TPSA) is 52.3 Å². The van der Waals surface area contributed by atoms with Gasteiger partial charge in [0.05, 0.1) is 12.6 Å². The summed E-state index contributed by atoms with van der Waals surface area (Å²) >= 11 is 0. The van der Waals surface area contributed by atoms with Crippen molar-refractivity contribution in [3.8, 4) is 0 Å². The number of aryl methyl sites for hydroxylation is 1. The summed E-state index contributed by atoms with van der Waals surface area (Å²) in [5.41, 5.74) is 6.21. The first-order valence-electron chi connectivity index (χ1n) is 5.29. The van der Waals surface area contributed by atoms with Gasteiger partial charge < -0.3 is 10.5 Å². The lowest BCUT2D eigenvalue weighted by Gasteiger charge is -2.16. The molecule has 0 aliphatic carbocycles. The average Bonchev–Trinajstić information content (AvgIpc) is 2.31. The van der Waals surface area contributed by atoms with Crippen molar-refractivity contribution < 1.29 is 18.3 Å². The number of alkyl halides is 1. The maximum Gasteiger partial charge on any atom is 0.342 e. The number of hydrogen-bond acceptors (Lipinski definition) is 3. The number of halogens is 3. The van der Waals surface area contributed by atoms with Crippen LogP contribution in [0.1, 0.15) is 24.1 Å². The Labute approximate surface area is 111 Å². The molecule has 1 aromatic carbocycles. The van der Waals surface area contributed by atoms with Crippen molar-refractivity contribution in [2.24, 2.45) is 5.73 Å². The molecule has 18 heavy (non-hydrogen) atoms. The highest BCUT2D eigenvalue weighted by molar-refractivity contribution is 5.85. The third-order valence-electron chi connectivity index (χ3n) is 2.41. The van der Waals surface area contributed by atoms with Gasteiger partial charge >= 0.3 is 5.97 Å². The van der Waals surface area contributed by atoms with Gasteiger partial charge in [-0.25, -0.2) is 13.6 Å². The highest BCUT2D eigenvalue weighted by Gasteiger charge is 2.28. The number of ether oxygens (including phenoxy) is 1. The van der Waals surface area contributed by atoms with E-state index in [9.17, 15) is 13.6 Å². The van der Waals surface area contributed by atoms with Gasteiger partial charge in [0.25, 0.3) is 0 Å². The first kappa shape index (κ1) is 16.8. The van der Waals surface area contributed by atoms with Gasteiger partial charge in [-0.2, -0.15) is 0 Å². The van der Waals surface area contributed by atoms with Crippen LogP contribution >= 0.6 is 12.4 Å². The van der Waals surface area contributed by atoms with E-state index in [0.29, 0.717) is 5.56 Å². The molecule has 0 aliphatic heterocycles. The molecular formula is C12H16ClF2NO2. The second kappa shape index (κ2) is 7.28. The Morgan fingerprint density at radius 2 is 2.11 bits per heavy atom. The normalized spacial score (nSPS) is 13.4. The Morgan fingerprint density at radius 3 is 2.61 bits per heavy atom. The number of nitrogens with two attached hydrogens (primary N) is 1. The van der Waals surface area contributed by atoms with Crippen LogP contribution in [0.4, 0.5) is 8.78 Å². The Kier molecular flexibility index (Phi) is 6.80. The van der Waals surface area contributed by atoms with Gasteiger partial charge in [0.15, 0.2) is 0 Å². The summed E-state index contributed by atoms with van der Waals surface area (Å²) in [6.07, 6.45) is -1.99. The Balaban J connectivity index is 0.00000289. The van der Waals surface area contributed by atoms with Crippen molar-refractivity contribution in [2.75, 3.05) is 6.61 Å². The minimum absolute atomic E-state index is 0. The lowest BCUT2D eigenvalue weighted by Crippen LogP contribution is -2.31. The van der Waals surface area contributed by atoms with Gasteiger partial charge in [0.1, 0.15) is 5.82 Å². The van der Waals surface area contributed by atoms with E-state index in [0.717, 1.165) is 6.07 Å². The van der Waals surface area contributed by atoms with E-state index in [1.165, 1.54) is 12.1 Å². The standard InChI is InChI=1S/C12H15F2NO2.ClH/c1-3-17-12(16)10(14)11(15)8-5-4-7(2)9(13)6-8;/h4-6,10-11H,3,15H2,1-2H3;1H/t10?,11-;/m0./s1. The zero-order chi connectivity index (χ0) is 13.0. The number of rotatable bonds is 4. The molecule has 3 nitrogen and oxygen atoms in total. The molecule has 1 unspecified atom stereocenters. The Morgan fingerprint density at radius 1 is 1.50 bits per heavy atom. The minimum atomic E-state index is -1.99. The maximum atomic E-state index is 13.6. The van der Waals surface area contributed by atoms with E-state index in [2.05, 4.69) is 4.74 Å². The van der Waals surface area contributed by atoms with E-state index >= 15 is 0 Å². The van der Waals surface area contributed by atoms with Crippen LogP contribution in [0.5, 0.6) is 0 Å². The van der Waals surface area contributed by atoms with E-state index in [-0.39, 0.29) is 24.6 Å². The van der Waals surface area contributed by atoms with E-state index in [1.807, 2.05) is 0 Å². The maximum absolute atomic E-state index is 13.6. The van der Waals surface area contributed by atoms with Gasteiger partial charge in [-0.15, -0.1) is 12.4 Å². The highest BCUT2D eigenvalue weighted by Crippen LogP contribution is 2.20. The van der Waals surface area contributed by atoms with Gasteiger partial charge in [-0.05, 0) is 31.0 Å². The van der Waals surface area contributed by atoms with Gasteiger partial charge in [-0.3, -0.25) is 0 Å². The predicted octanol–water partition coefficient (Wildman–Crippen LogP) is 2.46. The summed E-state index contributed by atoms with van der Waals surface area (Å²) in [6.45, 7) is 3.23. The molecule has 2 N–H and O–H groups in total. The van der Waals surface area contributed by atoms with Crippen LogP contribution in [0.3, 0.4) is 0 Å². The molecule has 0 fully saturated rings. The van der Waals surface area contributed by atoms with Crippen molar-refractivity contribution in [3.63, 3.8) is 0 Å². The first-order chi connectivity index (χ1) is 7.97. The number of esters is 1. The van der Waals surface area contributed by atoms with Crippen LogP contribution in [-0.2, 0) is 9.53 Å². The molecule has 0 saturated carbocycles. The number of carbonyl (C=O) groups is 1. The largest absolute Gasteiger partial charge is 0.464 e. The third-order valence-corrected chi connectivity index (χ3v) is 2.41. The summed E-state index contributed by atoms with van der Waals surface area (Å²) in [7, 11) is 0. The Bertz CT molecular complexity index is 415. The highest BCUT2D eigenvalue weighted by atomic mass is 35.5. The summed E-state index contributed by atoms with van der Waals surface area (Å²) in [4.78, 5) is 11.1. The van der Waals surface area contributed by atoms with E-state index in [1.54, 1.807) is 13.8 Å². The lowest BCUT2D eigenvalue weighted by molar-refractivity contribution is -0.149. The fraction of sp³-hybridized carbons (Fsp3) is 0.417. The summed E-state index contributed by atoms with van der Waals surface area (Å²) in [5, 5.41) is 0. The van der Waals surface area contributed by atoms with E-state index in [4.69, 9.17) is 5.73 Å². The molecular weight excluding hydrogens is 264 g/mol. The van der Waals surface area contributed by atoms with Gasteiger partial charge in [-0.1, -0.05) is 12.1 Å². The van der Waals surface area contributed by atoms with Crippen molar-refractivity contribution in [3.05, 3.63) is 35.1 Å². The Hall–Kier alpha value is -1.20. The molecule has 0 amide bonds. The fourth-order valence-electron chi connectivity index (χ4n) is 1.35. The molecule has 1 rings (SSSR count). The van der Waals surface area contributed by atoms with Crippen molar-refractivity contribution in [2.45, 2.75) is 26.1 Å². The molecule has 0 radical (unpaired) electrons. The SMILES string of the molecule is CCOC(=O)C(F)[C@@H](N)c1ccc(C)c(F)c1.Cl. The molecule has 102 valence electrons. The third kappa shape index (κ3) is 3.92. The van der Waals surface area contributed by atoms with Crippen molar-refractivity contribution in [1.82, 2.24) is 0 Å². The van der Waals surface area contributed by atoms with Crippen LogP contribution < -0.4 is 5.73 Å². The first-order valence-corrected chi connectivity index (χ1v) is 5.29. The number of hydrogen-bond donors (Lipinski definition) is 1. The van der Waals surface area contributed by atoms with Crippen LogP contribution in [0, 0.1) is 12.7 Å². The van der Waals surface area contributed by atoms with Gasteiger partial charge in [0, 0.05) is 0 Å². The second-order valence-corrected chi connectivity index (χ2v) is 3.69. The zero-order valence-corrected chi connectivity index (χ0v) is 11.0. The van der Waals surface area contributed by atoms with Crippen LogP contribution in [0.2, 0.25) is 0 Å². The smallest absolute Gasteiger partial charge is 0.342 e. The van der Waals surface area contributed by atoms with Crippen molar-refractivity contribution >= 4 is 18.4 Å². The van der Waals surface area contributed by atoms with Crippen molar-refractivity contribution in [1.29, 1.82) is 0 Å². The molecule has 2 atom stereocenters. The van der Waals surface area contributed by atoms with Crippen LogP contribution in [-0.4, -0.2) is 18.7 Å². The number of benzene rings is 1. The predicted molar refractivity (Wildman–Crippen MR) is 66.8 cm³/mol. The second-order valence-electron chi connectivity index (χ2n) is 3.69. The molecule has 6 heteroatoms. The summed E-state index contributed by atoms with van der Waals surface area (Å²) in [6, 6.07) is 2.90. The fourth-order valence-corrected chi connectivity index (χ4v) is 1.35. The molecule has 0 saturated heterocycles. The monoisotopic (exact) mass is 279 g/mol. The molecule has 0 bridgehead atoms. The van der Waals surface area contributed by atoms with E-state index < -0.39 is 24.0 Å². The van der Waals surface area contributed by atoms with Gasteiger partial charge in [0.2, 0.25) is 6.17 Å². The molecule has 0 spiro atoms. The molecule has 0 heterocycles. The average molecular weight is 280 g/mol. The van der Waals surface area contributed by atoms with Crippen LogP contribution in [0.15, 0.2) is 18.2 Å². The van der Waals surface area contributed by atoms with Crippen LogP contribution in [0.25, 0.3) is 0 Å². The zero-order valence-electron chi connectivity index (χ0n) is 10.2. The summed E-state index contributed by atoms with van der Waals surface area (Å²) < 4.78 is 31.3. The quantitative estimate of drug-likeness (QED) is 0.862. The molecule has 0 aliphatic rings. The molecule has 0 aromatic heterocycles. The summed E-state index contributed by atoms with van der Waals surface area (Å²) in [5.74, 6) is -1.50. The lowest BCUT2D eigenvalue weighted by atomic mass is 10.0. The number of carbonyl (C=O) groups excluding carboxylic acids is 1. The molecule has 1 aromatic rings.